The van der Waals surface area contributed by atoms with Crippen LogP contribution in [0.5, 0.6) is 0 Å². The summed E-state index contributed by atoms with van der Waals surface area (Å²) in [6.45, 7) is 4.96. The van der Waals surface area contributed by atoms with E-state index >= 15 is 0 Å². The Morgan fingerprint density at radius 1 is 0.287 bits per heavy atom. The first kappa shape index (κ1) is 91.8. The maximum Gasteiger partial charge on any atom is 0.472 e. The Bertz CT molecular complexity index is 1840. The van der Waals surface area contributed by atoms with Crippen molar-refractivity contribution in [3.63, 3.8) is 0 Å². The SMILES string of the molecule is CCCCCC/C=C\CCCCCCCCCC(=O)OC[C@H](COP(=O)(O)OC[C@@H](O)COP(=O)(O)OC[C@@H](COC(=O)CCCCCCCCCCCCCCC)OC(=O)CCCCCCCCCCCCCCC)OC(=O)CCCCCCCCCCCCCCC. The molecule has 17 nitrogen and oxygen atoms in total. The number of phosphoric ester groups is 2. The van der Waals surface area contributed by atoms with Gasteiger partial charge in [0.25, 0.3) is 0 Å². The molecule has 0 aromatic heterocycles. The summed E-state index contributed by atoms with van der Waals surface area (Å²) >= 11 is 0. The molecule has 3 N–H and O–H groups in total. The number of carbonyl (C=O) groups is 4. The van der Waals surface area contributed by atoms with Crippen molar-refractivity contribution in [2.45, 2.75) is 406 Å². The average Bonchev–Trinajstić information content (AvgIpc) is 1.67. The zero-order valence-corrected chi connectivity index (χ0v) is 62.5. The van der Waals surface area contributed by atoms with Crippen LogP contribution in [-0.2, 0) is 65.4 Å². The maximum atomic E-state index is 13.1. The van der Waals surface area contributed by atoms with Crippen molar-refractivity contribution < 1.29 is 80.2 Å². The summed E-state index contributed by atoms with van der Waals surface area (Å²) in [6.07, 6.45) is 60.5. The lowest BCUT2D eigenvalue weighted by Crippen LogP contribution is -2.30. The molecule has 0 aliphatic heterocycles. The molecule has 0 radical (unpaired) electrons. The standard InChI is InChI=1S/C75H144O17P2/c1-5-9-13-17-21-25-29-33-34-38-40-44-48-52-56-60-73(78)86-66-71(92-75(80)62-58-54-50-46-42-37-32-28-24-20-16-12-8-4)68-90-94(83,84)88-64-69(76)63-87-93(81,82)89-67-70(91-74(79)61-57-53-49-45-41-36-31-27-23-19-15-11-7-3)65-85-72(77)59-55-51-47-43-39-35-30-26-22-18-14-10-6-2/h25,29,69-71,76H,5-24,26-28,30-68H2,1-4H3,(H,81,82)(H,83,84)/b29-25-/t69-,70+,71+/m0/s1. The molecule has 0 saturated carbocycles. The Balaban J connectivity index is 5.27. The van der Waals surface area contributed by atoms with Gasteiger partial charge in [0.05, 0.1) is 26.4 Å². The largest absolute Gasteiger partial charge is 0.472 e. The first-order valence-electron chi connectivity index (χ1n) is 38.9. The van der Waals surface area contributed by atoms with Crippen LogP contribution in [-0.4, -0.2) is 96.7 Å². The van der Waals surface area contributed by atoms with Crippen molar-refractivity contribution in [3.8, 4) is 0 Å². The van der Waals surface area contributed by atoms with Gasteiger partial charge in [-0.3, -0.25) is 37.3 Å². The van der Waals surface area contributed by atoms with Crippen LogP contribution in [0.4, 0.5) is 0 Å². The van der Waals surface area contributed by atoms with E-state index in [-0.39, 0.29) is 25.7 Å². The van der Waals surface area contributed by atoms with Crippen molar-refractivity contribution in [1.82, 2.24) is 0 Å². The lowest BCUT2D eigenvalue weighted by Gasteiger charge is -2.21. The van der Waals surface area contributed by atoms with Crippen molar-refractivity contribution in [2.75, 3.05) is 39.6 Å². The minimum Gasteiger partial charge on any atom is -0.462 e. The third-order valence-electron chi connectivity index (χ3n) is 17.3. The Labute approximate surface area is 574 Å². The number of aliphatic hydroxyl groups is 1. The maximum absolute atomic E-state index is 13.1. The van der Waals surface area contributed by atoms with Gasteiger partial charge >= 0.3 is 39.5 Å². The molecule has 94 heavy (non-hydrogen) atoms. The Hall–Kier alpha value is -2.20. The molecule has 19 heteroatoms. The number of carbonyl (C=O) groups excluding carboxylic acids is 4. The quantitative estimate of drug-likeness (QED) is 0.0169. The van der Waals surface area contributed by atoms with Gasteiger partial charge in [-0.2, -0.15) is 0 Å². The molecule has 0 saturated heterocycles. The van der Waals surface area contributed by atoms with E-state index in [9.17, 15) is 43.2 Å². The zero-order chi connectivity index (χ0) is 69.0. The summed E-state index contributed by atoms with van der Waals surface area (Å²) in [5, 5.41) is 10.6. The van der Waals surface area contributed by atoms with Crippen molar-refractivity contribution in [2.24, 2.45) is 0 Å². The highest BCUT2D eigenvalue weighted by atomic mass is 31.2. The van der Waals surface area contributed by atoms with Crippen molar-refractivity contribution in [1.29, 1.82) is 0 Å². The highest BCUT2D eigenvalue weighted by molar-refractivity contribution is 7.47. The molecule has 2 unspecified atom stereocenters. The van der Waals surface area contributed by atoms with E-state index in [4.69, 9.17) is 37.0 Å². The number of esters is 4. The zero-order valence-electron chi connectivity index (χ0n) is 60.7. The lowest BCUT2D eigenvalue weighted by atomic mass is 10.0. The summed E-state index contributed by atoms with van der Waals surface area (Å²) in [6, 6.07) is 0. The molecule has 5 atom stereocenters. The van der Waals surface area contributed by atoms with Gasteiger partial charge in [-0.05, 0) is 51.4 Å². The minimum absolute atomic E-state index is 0.105. The highest BCUT2D eigenvalue weighted by Gasteiger charge is 2.30. The van der Waals surface area contributed by atoms with E-state index in [0.717, 1.165) is 109 Å². The lowest BCUT2D eigenvalue weighted by molar-refractivity contribution is -0.161. The average molecular weight is 1380 g/mol. The number of phosphoric acid groups is 2. The van der Waals surface area contributed by atoms with Gasteiger partial charge in [-0.25, -0.2) is 9.13 Å². The fraction of sp³-hybridized carbons (Fsp3) is 0.920. The molecule has 0 heterocycles. The molecule has 0 rings (SSSR count). The van der Waals surface area contributed by atoms with Gasteiger partial charge in [-0.1, -0.05) is 322 Å². The summed E-state index contributed by atoms with van der Waals surface area (Å²) < 4.78 is 68.5. The van der Waals surface area contributed by atoms with Crippen LogP contribution < -0.4 is 0 Å². The van der Waals surface area contributed by atoms with E-state index in [1.165, 1.54) is 199 Å². The smallest absolute Gasteiger partial charge is 0.462 e. The highest BCUT2D eigenvalue weighted by Crippen LogP contribution is 2.45. The minimum atomic E-state index is -4.96. The summed E-state index contributed by atoms with van der Waals surface area (Å²) in [5.74, 6) is -2.12. The van der Waals surface area contributed by atoms with E-state index in [2.05, 4.69) is 39.8 Å². The molecule has 0 amide bonds. The van der Waals surface area contributed by atoms with E-state index < -0.39 is 97.5 Å². The van der Waals surface area contributed by atoms with Gasteiger partial charge in [0, 0.05) is 25.7 Å². The summed E-state index contributed by atoms with van der Waals surface area (Å²) in [5.41, 5.74) is 0. The number of hydrogen-bond donors (Lipinski definition) is 3. The van der Waals surface area contributed by atoms with Crippen LogP contribution in [0.1, 0.15) is 387 Å². The Kier molecular flexibility index (Phi) is 67.7. The molecular weight excluding hydrogens is 1230 g/mol. The molecule has 556 valence electrons. The number of unbranched alkanes of at least 4 members (excludes halogenated alkanes) is 47. The Morgan fingerprint density at radius 3 is 0.745 bits per heavy atom. The third kappa shape index (κ3) is 68.3. The van der Waals surface area contributed by atoms with Gasteiger partial charge in [0.1, 0.15) is 19.3 Å². The first-order valence-corrected chi connectivity index (χ1v) is 41.9. The van der Waals surface area contributed by atoms with E-state index in [1.54, 1.807) is 0 Å². The van der Waals surface area contributed by atoms with E-state index in [1.807, 2.05) is 0 Å². The van der Waals surface area contributed by atoms with Crippen LogP contribution >= 0.6 is 15.6 Å². The fourth-order valence-corrected chi connectivity index (χ4v) is 12.9. The number of ether oxygens (including phenoxy) is 4. The molecule has 0 aliphatic carbocycles. The van der Waals surface area contributed by atoms with Crippen LogP contribution in [0, 0.1) is 0 Å². The van der Waals surface area contributed by atoms with Crippen LogP contribution in [0.3, 0.4) is 0 Å². The number of aliphatic hydroxyl groups excluding tert-OH is 1. The van der Waals surface area contributed by atoms with Crippen LogP contribution in [0.15, 0.2) is 12.2 Å². The second-order valence-corrected chi connectivity index (χ2v) is 29.6. The molecule has 0 bridgehead atoms. The van der Waals surface area contributed by atoms with Gasteiger partial charge in [-0.15, -0.1) is 0 Å². The number of allylic oxidation sites excluding steroid dienone is 2. The summed E-state index contributed by atoms with van der Waals surface area (Å²) in [4.78, 5) is 72.8. The molecule has 0 aromatic carbocycles. The van der Waals surface area contributed by atoms with Gasteiger partial charge in [0.2, 0.25) is 0 Å². The molecule has 0 aliphatic rings. The first-order chi connectivity index (χ1) is 45.7. The third-order valence-corrected chi connectivity index (χ3v) is 19.2. The van der Waals surface area contributed by atoms with E-state index in [0.29, 0.717) is 25.7 Å². The van der Waals surface area contributed by atoms with Crippen molar-refractivity contribution in [3.05, 3.63) is 12.2 Å². The monoisotopic (exact) mass is 1380 g/mol. The predicted octanol–water partition coefficient (Wildman–Crippen LogP) is 22.0. The van der Waals surface area contributed by atoms with Gasteiger partial charge in [0.15, 0.2) is 12.2 Å². The Morgan fingerprint density at radius 2 is 0.489 bits per heavy atom. The normalized spacial score (nSPS) is 14.0. The van der Waals surface area contributed by atoms with Crippen LogP contribution in [0.2, 0.25) is 0 Å². The molecule has 0 spiro atoms. The molecule has 0 fully saturated rings. The predicted molar refractivity (Wildman–Crippen MR) is 382 cm³/mol. The van der Waals surface area contributed by atoms with Crippen molar-refractivity contribution >= 4 is 39.5 Å². The fourth-order valence-electron chi connectivity index (χ4n) is 11.3. The number of hydrogen-bond acceptors (Lipinski definition) is 15. The molecular formula is C75H144O17P2. The second-order valence-electron chi connectivity index (χ2n) is 26.7. The number of rotatable bonds is 75. The van der Waals surface area contributed by atoms with Gasteiger partial charge < -0.3 is 33.8 Å². The second kappa shape index (κ2) is 69.3. The van der Waals surface area contributed by atoms with Crippen LogP contribution in [0.25, 0.3) is 0 Å². The molecule has 0 aromatic rings. The summed E-state index contributed by atoms with van der Waals surface area (Å²) in [7, 11) is -9.91. The topological polar surface area (TPSA) is 237 Å².